The summed E-state index contributed by atoms with van der Waals surface area (Å²) in [6.07, 6.45) is 3.66. The molecule has 124 valence electrons. The third kappa shape index (κ3) is 2.55. The van der Waals surface area contributed by atoms with Crippen molar-refractivity contribution >= 4 is 22.5 Å². The molecule has 2 nitrogen and oxygen atoms in total. The van der Waals surface area contributed by atoms with Gasteiger partial charge in [-0.05, 0) is 62.6 Å². The van der Waals surface area contributed by atoms with Crippen molar-refractivity contribution in [2.75, 3.05) is 32.6 Å². The Balaban J connectivity index is 1.89. The van der Waals surface area contributed by atoms with E-state index in [4.69, 9.17) is 0 Å². The number of anilines is 2. The SMILES string of the molecule is CN(C)CC1CCC2=C(C1)c1ccccc1N(C)c1ccccc12. The Hall–Kier alpha value is -2.06. The van der Waals surface area contributed by atoms with Crippen molar-refractivity contribution in [1.82, 2.24) is 4.90 Å². The van der Waals surface area contributed by atoms with Crippen molar-refractivity contribution in [3.63, 3.8) is 0 Å². The highest BCUT2D eigenvalue weighted by atomic mass is 15.1. The second kappa shape index (κ2) is 6.10. The molecule has 0 aromatic heterocycles. The van der Waals surface area contributed by atoms with E-state index in [-0.39, 0.29) is 0 Å². The van der Waals surface area contributed by atoms with Crippen molar-refractivity contribution in [3.8, 4) is 0 Å². The van der Waals surface area contributed by atoms with E-state index in [2.05, 4.69) is 79.5 Å². The molecule has 0 bridgehead atoms. The fourth-order valence-electron chi connectivity index (χ4n) is 4.43. The lowest BCUT2D eigenvalue weighted by Crippen LogP contribution is -2.24. The molecule has 4 rings (SSSR count). The predicted molar refractivity (Wildman–Crippen MR) is 104 cm³/mol. The van der Waals surface area contributed by atoms with Gasteiger partial charge in [0.25, 0.3) is 0 Å². The third-order valence-electron chi connectivity index (χ3n) is 5.46. The van der Waals surface area contributed by atoms with Crippen molar-refractivity contribution in [2.24, 2.45) is 5.92 Å². The van der Waals surface area contributed by atoms with E-state index < -0.39 is 0 Å². The molecular weight excluding hydrogens is 292 g/mol. The summed E-state index contributed by atoms with van der Waals surface area (Å²) in [5.74, 6) is 0.752. The van der Waals surface area contributed by atoms with Gasteiger partial charge in [-0.1, -0.05) is 36.4 Å². The molecule has 0 saturated heterocycles. The number of hydrogen-bond donors (Lipinski definition) is 0. The lowest BCUT2D eigenvalue weighted by atomic mass is 9.78. The van der Waals surface area contributed by atoms with Crippen LogP contribution < -0.4 is 4.90 Å². The van der Waals surface area contributed by atoms with Crippen molar-refractivity contribution in [2.45, 2.75) is 19.3 Å². The van der Waals surface area contributed by atoms with Gasteiger partial charge in [-0.2, -0.15) is 0 Å². The Morgan fingerprint density at radius 3 is 2.12 bits per heavy atom. The number of nitrogens with zero attached hydrogens (tertiary/aromatic N) is 2. The molecule has 0 amide bonds. The Morgan fingerprint density at radius 2 is 1.50 bits per heavy atom. The summed E-state index contributed by atoms with van der Waals surface area (Å²) in [7, 11) is 6.58. The van der Waals surface area contributed by atoms with E-state index >= 15 is 0 Å². The molecule has 1 aliphatic heterocycles. The van der Waals surface area contributed by atoms with Gasteiger partial charge in [-0.3, -0.25) is 0 Å². The van der Waals surface area contributed by atoms with Crippen molar-refractivity contribution in [1.29, 1.82) is 0 Å². The standard InChI is InChI=1S/C22H26N2/c1-23(2)15-16-12-13-17-18-8-4-6-10-21(18)24(3)22-11-7-5-9-19(22)20(17)14-16/h4-11,16H,12-15H2,1-3H3. The maximum Gasteiger partial charge on any atom is 0.0484 e. The normalized spacial score (nSPS) is 19.7. The first-order valence-corrected chi connectivity index (χ1v) is 8.94. The Bertz CT molecular complexity index is 788. The molecule has 2 aliphatic rings. The van der Waals surface area contributed by atoms with Crippen LogP contribution in [0.3, 0.4) is 0 Å². The zero-order valence-electron chi connectivity index (χ0n) is 14.9. The number of fused-ring (bicyclic) bond motifs is 4. The summed E-state index contributed by atoms with van der Waals surface area (Å²) in [6, 6.07) is 17.8. The van der Waals surface area contributed by atoms with E-state index in [1.54, 1.807) is 11.1 Å². The highest BCUT2D eigenvalue weighted by molar-refractivity contribution is 6.01. The van der Waals surface area contributed by atoms with Gasteiger partial charge in [0.2, 0.25) is 0 Å². The molecular formula is C22H26N2. The van der Waals surface area contributed by atoms with Crippen LogP contribution >= 0.6 is 0 Å². The van der Waals surface area contributed by atoms with Gasteiger partial charge in [0.1, 0.15) is 0 Å². The van der Waals surface area contributed by atoms with Gasteiger partial charge in [0.05, 0.1) is 0 Å². The minimum absolute atomic E-state index is 0.752. The molecule has 2 aromatic rings. The molecule has 0 N–H and O–H groups in total. The average Bonchev–Trinajstić information content (AvgIpc) is 2.70. The second-order valence-electron chi connectivity index (χ2n) is 7.42. The van der Waals surface area contributed by atoms with E-state index in [1.165, 1.54) is 48.3 Å². The molecule has 1 heterocycles. The largest absolute Gasteiger partial charge is 0.344 e. The maximum atomic E-state index is 2.37. The molecule has 2 aromatic carbocycles. The topological polar surface area (TPSA) is 6.48 Å². The molecule has 1 aliphatic carbocycles. The van der Waals surface area contributed by atoms with Gasteiger partial charge in [-0.25, -0.2) is 0 Å². The first kappa shape index (κ1) is 15.5. The van der Waals surface area contributed by atoms with Crippen LogP contribution in [0.25, 0.3) is 11.1 Å². The van der Waals surface area contributed by atoms with Crippen LogP contribution in [0.5, 0.6) is 0 Å². The number of para-hydroxylation sites is 2. The Kier molecular flexibility index (Phi) is 3.93. The number of rotatable bonds is 2. The van der Waals surface area contributed by atoms with Crippen LogP contribution in [0.4, 0.5) is 11.4 Å². The first-order valence-electron chi connectivity index (χ1n) is 8.94. The van der Waals surface area contributed by atoms with E-state index in [9.17, 15) is 0 Å². The van der Waals surface area contributed by atoms with Crippen molar-refractivity contribution < 1.29 is 0 Å². The molecule has 0 saturated carbocycles. The smallest absolute Gasteiger partial charge is 0.0484 e. The fraction of sp³-hybridized carbons (Fsp3) is 0.364. The summed E-state index contributed by atoms with van der Waals surface area (Å²) in [5, 5.41) is 0. The Labute approximate surface area is 145 Å². The number of benzene rings is 2. The molecule has 0 spiro atoms. The van der Waals surface area contributed by atoms with E-state index in [0.717, 1.165) is 5.92 Å². The summed E-state index contributed by atoms with van der Waals surface area (Å²) in [4.78, 5) is 4.70. The Morgan fingerprint density at radius 1 is 0.917 bits per heavy atom. The van der Waals surface area contributed by atoms with E-state index in [1.807, 2.05) is 0 Å². The lowest BCUT2D eigenvalue weighted by molar-refractivity contribution is 0.314. The fourth-order valence-corrected chi connectivity index (χ4v) is 4.43. The molecule has 0 radical (unpaired) electrons. The van der Waals surface area contributed by atoms with Gasteiger partial charge in [0, 0.05) is 36.1 Å². The van der Waals surface area contributed by atoms with Crippen LogP contribution in [0, 0.1) is 5.92 Å². The molecule has 1 unspecified atom stereocenters. The minimum Gasteiger partial charge on any atom is -0.344 e. The minimum atomic E-state index is 0.752. The second-order valence-corrected chi connectivity index (χ2v) is 7.42. The van der Waals surface area contributed by atoms with Crippen LogP contribution in [-0.4, -0.2) is 32.6 Å². The highest BCUT2D eigenvalue weighted by Crippen LogP contribution is 2.49. The average molecular weight is 318 g/mol. The zero-order chi connectivity index (χ0) is 16.7. The highest BCUT2D eigenvalue weighted by Gasteiger charge is 2.29. The summed E-state index contributed by atoms with van der Waals surface area (Å²) in [5.41, 5.74) is 8.66. The molecule has 24 heavy (non-hydrogen) atoms. The monoisotopic (exact) mass is 318 g/mol. The molecule has 1 atom stereocenters. The van der Waals surface area contributed by atoms with Gasteiger partial charge in [-0.15, -0.1) is 0 Å². The predicted octanol–water partition coefficient (Wildman–Crippen LogP) is 5.04. The van der Waals surface area contributed by atoms with Crippen LogP contribution in [0.2, 0.25) is 0 Å². The van der Waals surface area contributed by atoms with Gasteiger partial charge in [0.15, 0.2) is 0 Å². The molecule has 2 heteroatoms. The van der Waals surface area contributed by atoms with E-state index in [0.29, 0.717) is 0 Å². The number of hydrogen-bond acceptors (Lipinski definition) is 2. The van der Waals surface area contributed by atoms with Gasteiger partial charge < -0.3 is 9.80 Å². The first-order chi connectivity index (χ1) is 11.6. The molecule has 0 fully saturated rings. The number of allylic oxidation sites excluding steroid dienone is 2. The van der Waals surface area contributed by atoms with Crippen LogP contribution in [0.15, 0.2) is 48.5 Å². The quantitative estimate of drug-likeness (QED) is 0.765. The zero-order valence-corrected chi connectivity index (χ0v) is 14.9. The van der Waals surface area contributed by atoms with Gasteiger partial charge >= 0.3 is 0 Å². The lowest BCUT2D eigenvalue weighted by Gasteiger charge is -2.29. The van der Waals surface area contributed by atoms with Crippen molar-refractivity contribution in [3.05, 3.63) is 59.7 Å². The summed E-state index contributed by atoms with van der Waals surface area (Å²) < 4.78 is 0. The summed E-state index contributed by atoms with van der Waals surface area (Å²) >= 11 is 0. The van der Waals surface area contributed by atoms with Crippen LogP contribution in [0.1, 0.15) is 30.4 Å². The maximum absolute atomic E-state index is 2.37. The third-order valence-corrected chi connectivity index (χ3v) is 5.46. The van der Waals surface area contributed by atoms with Crippen LogP contribution in [-0.2, 0) is 0 Å². The summed E-state index contributed by atoms with van der Waals surface area (Å²) in [6.45, 7) is 1.18.